The molecule has 0 aliphatic rings. The number of thiocarbonyl (C=S) groups is 1. The highest BCUT2D eigenvalue weighted by atomic mass is 32.1. The molecule has 6 nitrogen and oxygen atoms in total. The molecule has 2 rings (SSSR count). The van der Waals surface area contributed by atoms with Crippen molar-refractivity contribution in [2.24, 2.45) is 0 Å². The molecule has 0 aliphatic carbocycles. The highest BCUT2D eigenvalue weighted by molar-refractivity contribution is 7.80. The first-order valence-corrected chi connectivity index (χ1v) is 8.32. The summed E-state index contributed by atoms with van der Waals surface area (Å²) in [4.78, 5) is 0. The van der Waals surface area contributed by atoms with Crippen molar-refractivity contribution in [3.8, 4) is 11.5 Å². The molecule has 0 radical (unpaired) electrons. The second kappa shape index (κ2) is 9.12. The van der Waals surface area contributed by atoms with E-state index in [1.165, 1.54) is 0 Å². The Labute approximate surface area is 148 Å². The highest BCUT2D eigenvalue weighted by Crippen LogP contribution is 2.27. The second-order valence-corrected chi connectivity index (χ2v) is 5.60. The van der Waals surface area contributed by atoms with E-state index in [4.69, 9.17) is 21.7 Å². The van der Waals surface area contributed by atoms with Gasteiger partial charge in [-0.1, -0.05) is 6.07 Å². The van der Waals surface area contributed by atoms with Crippen molar-refractivity contribution in [1.82, 2.24) is 20.4 Å². The van der Waals surface area contributed by atoms with E-state index in [1.54, 1.807) is 20.4 Å². The Hall–Kier alpha value is -2.28. The van der Waals surface area contributed by atoms with Gasteiger partial charge in [0.15, 0.2) is 16.6 Å². The van der Waals surface area contributed by atoms with Gasteiger partial charge in [0.2, 0.25) is 0 Å². The number of benzene rings is 1. The van der Waals surface area contributed by atoms with Crippen LogP contribution in [0.4, 0.5) is 0 Å². The van der Waals surface area contributed by atoms with Crippen molar-refractivity contribution in [2.75, 3.05) is 20.8 Å². The van der Waals surface area contributed by atoms with Crippen molar-refractivity contribution < 1.29 is 9.47 Å². The highest BCUT2D eigenvalue weighted by Gasteiger charge is 2.05. The maximum atomic E-state index is 5.31. The second-order valence-electron chi connectivity index (χ2n) is 5.19. The molecule has 2 aromatic rings. The van der Waals surface area contributed by atoms with Crippen molar-refractivity contribution >= 4 is 17.3 Å². The molecule has 1 aromatic heterocycles. The average Bonchev–Trinajstić information content (AvgIpc) is 3.07. The molecule has 0 fully saturated rings. The van der Waals surface area contributed by atoms with Crippen LogP contribution in [0.15, 0.2) is 30.5 Å². The van der Waals surface area contributed by atoms with Crippen LogP contribution in [0, 0.1) is 0 Å². The van der Waals surface area contributed by atoms with Crippen molar-refractivity contribution in [3.63, 3.8) is 0 Å². The molecule has 0 saturated heterocycles. The number of ether oxygens (including phenoxy) is 2. The van der Waals surface area contributed by atoms with E-state index in [0.29, 0.717) is 11.7 Å². The molecule has 0 saturated carbocycles. The van der Waals surface area contributed by atoms with Crippen LogP contribution in [0.3, 0.4) is 0 Å². The zero-order valence-electron chi connectivity index (χ0n) is 14.3. The van der Waals surface area contributed by atoms with Crippen LogP contribution in [0.25, 0.3) is 0 Å². The minimum Gasteiger partial charge on any atom is -0.493 e. The van der Waals surface area contributed by atoms with Gasteiger partial charge in [-0.25, -0.2) is 0 Å². The number of rotatable bonds is 8. The van der Waals surface area contributed by atoms with E-state index < -0.39 is 0 Å². The maximum Gasteiger partial charge on any atom is 0.166 e. The fourth-order valence-electron chi connectivity index (χ4n) is 2.38. The number of hydrogen-bond acceptors (Lipinski definition) is 4. The van der Waals surface area contributed by atoms with E-state index in [1.807, 2.05) is 28.9 Å². The van der Waals surface area contributed by atoms with Gasteiger partial charge in [-0.3, -0.25) is 4.68 Å². The number of aryl methyl sites for hydroxylation is 1. The van der Waals surface area contributed by atoms with E-state index in [0.717, 1.165) is 42.3 Å². The van der Waals surface area contributed by atoms with Crippen LogP contribution in [-0.2, 0) is 19.5 Å². The number of nitrogens with one attached hydrogen (secondary N) is 2. The van der Waals surface area contributed by atoms with Crippen molar-refractivity contribution in [1.29, 1.82) is 0 Å². The van der Waals surface area contributed by atoms with Gasteiger partial charge in [0.25, 0.3) is 0 Å². The number of nitrogens with zero attached hydrogens (tertiary/aromatic N) is 2. The lowest BCUT2D eigenvalue weighted by atomic mass is 10.1. The third-order valence-corrected chi connectivity index (χ3v) is 3.97. The van der Waals surface area contributed by atoms with Crippen LogP contribution in [0.5, 0.6) is 11.5 Å². The molecule has 0 atom stereocenters. The molecule has 1 aromatic carbocycles. The topological polar surface area (TPSA) is 60.3 Å². The predicted molar refractivity (Wildman–Crippen MR) is 98.6 cm³/mol. The lowest BCUT2D eigenvalue weighted by Gasteiger charge is -2.12. The minimum absolute atomic E-state index is 0.638. The first kappa shape index (κ1) is 18.1. The summed E-state index contributed by atoms with van der Waals surface area (Å²) in [5, 5.41) is 11.3. The Morgan fingerprint density at radius 2 is 1.96 bits per heavy atom. The third-order valence-electron chi connectivity index (χ3n) is 3.68. The fourth-order valence-corrected chi connectivity index (χ4v) is 2.56. The average molecular weight is 348 g/mol. The Balaban J connectivity index is 1.76. The quantitative estimate of drug-likeness (QED) is 0.713. The third kappa shape index (κ3) is 4.86. The number of aromatic nitrogens is 2. The number of hydrogen-bond donors (Lipinski definition) is 2. The largest absolute Gasteiger partial charge is 0.493 e. The Morgan fingerprint density at radius 3 is 2.67 bits per heavy atom. The number of methoxy groups -OCH3 is 2. The lowest BCUT2D eigenvalue weighted by Crippen LogP contribution is -2.36. The van der Waals surface area contributed by atoms with Gasteiger partial charge in [-0.15, -0.1) is 0 Å². The Morgan fingerprint density at radius 1 is 1.17 bits per heavy atom. The van der Waals surface area contributed by atoms with Crippen LogP contribution in [-0.4, -0.2) is 35.7 Å². The summed E-state index contributed by atoms with van der Waals surface area (Å²) in [6.07, 6.45) is 2.64. The first-order valence-electron chi connectivity index (χ1n) is 7.91. The molecule has 1 heterocycles. The SMILES string of the molecule is CCn1nccc1CNC(=S)NCCc1ccc(OC)c(OC)c1. The van der Waals surface area contributed by atoms with Crippen molar-refractivity contribution in [3.05, 3.63) is 41.7 Å². The van der Waals surface area contributed by atoms with E-state index >= 15 is 0 Å². The van der Waals surface area contributed by atoms with Gasteiger partial charge in [-0.2, -0.15) is 5.10 Å². The molecule has 24 heavy (non-hydrogen) atoms. The normalized spacial score (nSPS) is 10.3. The smallest absolute Gasteiger partial charge is 0.166 e. The molecule has 130 valence electrons. The standard InChI is InChI=1S/C17H24N4O2S/c1-4-21-14(8-10-20-21)12-19-17(24)18-9-7-13-5-6-15(22-2)16(11-13)23-3/h5-6,8,10-11H,4,7,9,12H2,1-3H3,(H2,18,19,24). The summed E-state index contributed by atoms with van der Waals surface area (Å²) in [6.45, 7) is 4.32. The van der Waals surface area contributed by atoms with Crippen LogP contribution in [0.1, 0.15) is 18.2 Å². The van der Waals surface area contributed by atoms with Crippen LogP contribution >= 0.6 is 12.2 Å². The summed E-state index contributed by atoms with van der Waals surface area (Å²) < 4.78 is 12.5. The Kier molecular flexibility index (Phi) is 6.87. The summed E-state index contributed by atoms with van der Waals surface area (Å²) in [6, 6.07) is 7.91. The van der Waals surface area contributed by atoms with Crippen LogP contribution < -0.4 is 20.1 Å². The molecule has 0 amide bonds. The molecule has 0 bridgehead atoms. The Bertz CT molecular complexity index is 672. The fraction of sp³-hybridized carbons (Fsp3) is 0.412. The van der Waals surface area contributed by atoms with E-state index in [2.05, 4.69) is 22.7 Å². The van der Waals surface area contributed by atoms with Crippen molar-refractivity contribution in [2.45, 2.75) is 26.4 Å². The molecular weight excluding hydrogens is 324 g/mol. The lowest BCUT2D eigenvalue weighted by molar-refractivity contribution is 0.354. The van der Waals surface area contributed by atoms with Gasteiger partial charge >= 0.3 is 0 Å². The van der Waals surface area contributed by atoms with Gasteiger partial charge in [0.05, 0.1) is 26.5 Å². The summed E-state index contributed by atoms with van der Waals surface area (Å²) in [5.74, 6) is 1.47. The maximum absolute atomic E-state index is 5.31. The molecular formula is C17H24N4O2S. The predicted octanol–water partition coefficient (Wildman–Crippen LogP) is 2.13. The first-order chi connectivity index (χ1) is 11.7. The summed E-state index contributed by atoms with van der Waals surface area (Å²) in [5.41, 5.74) is 2.27. The van der Waals surface area contributed by atoms with Gasteiger partial charge in [-0.05, 0) is 49.3 Å². The zero-order valence-corrected chi connectivity index (χ0v) is 15.2. The molecule has 0 aliphatic heterocycles. The van der Waals surface area contributed by atoms with Gasteiger partial charge < -0.3 is 20.1 Å². The van der Waals surface area contributed by atoms with E-state index in [9.17, 15) is 0 Å². The zero-order chi connectivity index (χ0) is 17.4. The monoisotopic (exact) mass is 348 g/mol. The molecule has 7 heteroatoms. The summed E-state index contributed by atoms with van der Waals surface area (Å²) in [7, 11) is 3.27. The van der Waals surface area contributed by atoms with Gasteiger partial charge in [0.1, 0.15) is 0 Å². The molecule has 0 spiro atoms. The van der Waals surface area contributed by atoms with Crippen LogP contribution in [0.2, 0.25) is 0 Å². The van der Waals surface area contributed by atoms with E-state index in [-0.39, 0.29) is 0 Å². The molecule has 2 N–H and O–H groups in total. The van der Waals surface area contributed by atoms with Gasteiger partial charge in [0, 0.05) is 19.3 Å². The summed E-state index contributed by atoms with van der Waals surface area (Å²) >= 11 is 5.31. The minimum atomic E-state index is 0.638. The molecule has 0 unspecified atom stereocenters.